The minimum absolute atomic E-state index is 0.105. The van der Waals surface area contributed by atoms with Crippen LogP contribution in [-0.2, 0) is 21.2 Å². The Morgan fingerprint density at radius 3 is 2.75 bits per heavy atom. The minimum atomic E-state index is -3.46. The minimum Gasteiger partial charge on any atom is -0.377 e. The van der Waals surface area contributed by atoms with Crippen LogP contribution in [0.5, 0.6) is 0 Å². The highest BCUT2D eigenvalue weighted by Crippen LogP contribution is 2.21. The Labute approximate surface area is 124 Å². The molecule has 6 nitrogen and oxygen atoms in total. The molecule has 0 aromatic carbocycles. The van der Waals surface area contributed by atoms with Gasteiger partial charge in [0.2, 0.25) is 0 Å². The van der Waals surface area contributed by atoms with Crippen molar-refractivity contribution in [3.05, 3.63) is 12.0 Å². The zero-order chi connectivity index (χ0) is 14.6. The highest BCUT2D eigenvalue weighted by Gasteiger charge is 2.30. The van der Waals surface area contributed by atoms with Crippen molar-refractivity contribution in [1.82, 2.24) is 14.3 Å². The summed E-state index contributed by atoms with van der Waals surface area (Å²) in [6.45, 7) is 3.37. The lowest BCUT2D eigenvalue weighted by molar-refractivity contribution is 0.0301. The van der Waals surface area contributed by atoms with Gasteiger partial charge in [-0.1, -0.05) is 6.92 Å². The largest absolute Gasteiger partial charge is 0.377 e. The van der Waals surface area contributed by atoms with E-state index in [1.54, 1.807) is 0 Å². The van der Waals surface area contributed by atoms with E-state index in [0.717, 1.165) is 0 Å². The number of nitrogens with zero attached hydrogens (tertiary/aromatic N) is 2. The maximum Gasteiger partial charge on any atom is 0.260 e. The van der Waals surface area contributed by atoms with Crippen LogP contribution < -0.4 is 0 Å². The zero-order valence-corrected chi connectivity index (χ0v) is 13.1. The van der Waals surface area contributed by atoms with E-state index in [0.29, 0.717) is 50.7 Å². The Morgan fingerprint density at radius 1 is 1.50 bits per heavy atom. The molecule has 0 spiro atoms. The Hall–Kier alpha value is -0.630. The number of ether oxygens (including phenoxy) is 1. The van der Waals surface area contributed by atoms with Gasteiger partial charge in [0.15, 0.2) is 5.03 Å². The van der Waals surface area contributed by atoms with Gasteiger partial charge in [-0.15, -0.1) is 11.6 Å². The second-order valence-corrected chi connectivity index (χ2v) is 7.00. The van der Waals surface area contributed by atoms with Crippen molar-refractivity contribution < 1.29 is 13.2 Å². The van der Waals surface area contributed by atoms with Crippen LogP contribution in [0.2, 0.25) is 0 Å². The van der Waals surface area contributed by atoms with Gasteiger partial charge in [-0.05, 0) is 12.8 Å². The summed E-state index contributed by atoms with van der Waals surface area (Å²) in [6.07, 6.45) is 3.58. The van der Waals surface area contributed by atoms with Crippen molar-refractivity contribution in [2.75, 3.05) is 25.6 Å². The standard InChI is InChI=1S/C12H20ClN3O3S/c1-2-11-14-9-12(15-11)20(17,18)16-6-3-10(4-7-16)19-8-5-13/h9-10H,2-8H2,1H3,(H,14,15). The van der Waals surface area contributed by atoms with E-state index < -0.39 is 10.0 Å². The number of aromatic amines is 1. The van der Waals surface area contributed by atoms with Crippen LogP contribution >= 0.6 is 11.6 Å². The van der Waals surface area contributed by atoms with E-state index in [2.05, 4.69) is 9.97 Å². The smallest absolute Gasteiger partial charge is 0.260 e. The number of aromatic nitrogens is 2. The van der Waals surface area contributed by atoms with Crippen LogP contribution in [0.1, 0.15) is 25.6 Å². The molecular formula is C12H20ClN3O3S. The van der Waals surface area contributed by atoms with E-state index in [4.69, 9.17) is 16.3 Å². The molecule has 0 atom stereocenters. The van der Waals surface area contributed by atoms with Crippen LogP contribution in [0.4, 0.5) is 0 Å². The number of piperidine rings is 1. The Bertz CT molecular complexity index is 524. The topological polar surface area (TPSA) is 75.3 Å². The summed E-state index contributed by atoms with van der Waals surface area (Å²) in [5, 5.41) is 0.175. The summed E-state index contributed by atoms with van der Waals surface area (Å²) >= 11 is 5.58. The summed E-state index contributed by atoms with van der Waals surface area (Å²) in [7, 11) is -3.46. The van der Waals surface area contributed by atoms with E-state index in [1.807, 2.05) is 6.92 Å². The molecule has 0 unspecified atom stereocenters. The van der Waals surface area contributed by atoms with Gasteiger partial charge in [0.05, 0.1) is 18.9 Å². The predicted molar refractivity (Wildman–Crippen MR) is 76.4 cm³/mol. The van der Waals surface area contributed by atoms with Gasteiger partial charge < -0.3 is 9.72 Å². The molecule has 0 radical (unpaired) electrons. The number of alkyl halides is 1. The highest BCUT2D eigenvalue weighted by molar-refractivity contribution is 7.89. The molecule has 1 aromatic heterocycles. The number of rotatable bonds is 6. The lowest BCUT2D eigenvalue weighted by Crippen LogP contribution is -2.41. The van der Waals surface area contributed by atoms with Crippen molar-refractivity contribution in [3.8, 4) is 0 Å². The fraction of sp³-hybridized carbons (Fsp3) is 0.750. The molecule has 20 heavy (non-hydrogen) atoms. The van der Waals surface area contributed by atoms with Crippen LogP contribution in [0, 0.1) is 0 Å². The molecule has 1 aliphatic heterocycles. The number of H-pyrrole nitrogens is 1. The second kappa shape index (κ2) is 6.89. The quantitative estimate of drug-likeness (QED) is 0.803. The Kier molecular flexibility index (Phi) is 5.42. The molecule has 114 valence electrons. The average molecular weight is 322 g/mol. The van der Waals surface area contributed by atoms with Gasteiger partial charge in [-0.25, -0.2) is 13.4 Å². The molecule has 8 heteroatoms. The number of hydrogen-bond acceptors (Lipinski definition) is 4. The molecule has 1 saturated heterocycles. The number of halogens is 1. The first-order valence-corrected chi connectivity index (χ1v) is 8.77. The number of hydrogen-bond donors (Lipinski definition) is 1. The van der Waals surface area contributed by atoms with Crippen molar-refractivity contribution in [3.63, 3.8) is 0 Å². The molecule has 1 N–H and O–H groups in total. The summed E-state index contributed by atoms with van der Waals surface area (Å²) in [4.78, 5) is 6.91. The Morgan fingerprint density at radius 2 is 2.20 bits per heavy atom. The van der Waals surface area contributed by atoms with Crippen molar-refractivity contribution in [2.45, 2.75) is 37.3 Å². The van der Waals surface area contributed by atoms with Gasteiger partial charge in [0, 0.05) is 25.4 Å². The normalized spacial score (nSPS) is 18.5. The van der Waals surface area contributed by atoms with Gasteiger partial charge in [0.25, 0.3) is 10.0 Å². The fourth-order valence-electron chi connectivity index (χ4n) is 2.24. The summed E-state index contributed by atoms with van der Waals surface area (Å²) in [6, 6.07) is 0. The van der Waals surface area contributed by atoms with Crippen LogP contribution in [-0.4, -0.2) is 54.4 Å². The number of imidazole rings is 1. The van der Waals surface area contributed by atoms with Gasteiger partial charge in [-0.3, -0.25) is 0 Å². The van der Waals surface area contributed by atoms with E-state index >= 15 is 0 Å². The van der Waals surface area contributed by atoms with Gasteiger partial charge in [0.1, 0.15) is 5.82 Å². The molecule has 1 aromatic rings. The molecule has 1 aliphatic rings. The Balaban J connectivity index is 1.98. The number of aryl methyl sites for hydroxylation is 1. The van der Waals surface area contributed by atoms with E-state index in [1.165, 1.54) is 10.5 Å². The fourth-order valence-corrected chi connectivity index (χ4v) is 3.73. The summed E-state index contributed by atoms with van der Waals surface area (Å²) in [5.74, 6) is 1.15. The SMILES string of the molecule is CCc1ncc(S(=O)(=O)N2CCC(OCCCl)CC2)[nH]1. The number of nitrogens with one attached hydrogen (secondary N) is 1. The zero-order valence-electron chi connectivity index (χ0n) is 11.5. The van der Waals surface area contributed by atoms with Crippen LogP contribution in [0.3, 0.4) is 0 Å². The lowest BCUT2D eigenvalue weighted by Gasteiger charge is -2.30. The molecule has 2 rings (SSSR count). The van der Waals surface area contributed by atoms with Crippen LogP contribution in [0.25, 0.3) is 0 Å². The second-order valence-electron chi connectivity index (χ2n) is 4.71. The third kappa shape index (κ3) is 3.52. The summed E-state index contributed by atoms with van der Waals surface area (Å²) < 4.78 is 31.9. The first-order valence-electron chi connectivity index (χ1n) is 6.79. The molecular weight excluding hydrogens is 302 g/mol. The molecule has 0 bridgehead atoms. The van der Waals surface area contributed by atoms with Crippen molar-refractivity contribution in [1.29, 1.82) is 0 Å². The maximum atomic E-state index is 12.4. The first kappa shape index (κ1) is 15.8. The predicted octanol–water partition coefficient (Wildman–Crippen LogP) is 1.38. The average Bonchev–Trinajstić information content (AvgIpc) is 2.95. The summed E-state index contributed by atoms with van der Waals surface area (Å²) in [5.41, 5.74) is 0. The molecule has 0 aliphatic carbocycles. The highest BCUT2D eigenvalue weighted by atomic mass is 35.5. The number of sulfonamides is 1. The van der Waals surface area contributed by atoms with Gasteiger partial charge in [-0.2, -0.15) is 4.31 Å². The maximum absolute atomic E-state index is 12.4. The monoisotopic (exact) mass is 321 g/mol. The van der Waals surface area contributed by atoms with E-state index in [9.17, 15) is 8.42 Å². The molecule has 0 amide bonds. The third-order valence-corrected chi connectivity index (χ3v) is 5.35. The van der Waals surface area contributed by atoms with Crippen molar-refractivity contribution in [2.24, 2.45) is 0 Å². The van der Waals surface area contributed by atoms with Crippen LogP contribution in [0.15, 0.2) is 11.2 Å². The first-order chi connectivity index (χ1) is 9.57. The molecule has 0 saturated carbocycles. The van der Waals surface area contributed by atoms with E-state index in [-0.39, 0.29) is 11.1 Å². The lowest BCUT2D eigenvalue weighted by atomic mass is 10.1. The van der Waals surface area contributed by atoms with Crippen molar-refractivity contribution >= 4 is 21.6 Å². The third-order valence-electron chi connectivity index (χ3n) is 3.39. The van der Waals surface area contributed by atoms with Gasteiger partial charge >= 0.3 is 0 Å². The molecule has 2 heterocycles. The molecule has 1 fully saturated rings.